The number of ether oxygens (including phenoxy) is 1. The monoisotopic (exact) mass is 408 g/mol. The Morgan fingerprint density at radius 3 is 2.53 bits per heavy atom. The molecule has 0 unspecified atom stereocenters. The molecule has 1 fully saturated rings. The van der Waals surface area contributed by atoms with Gasteiger partial charge < -0.3 is 14.5 Å². The van der Waals surface area contributed by atoms with E-state index in [0.29, 0.717) is 50.7 Å². The van der Waals surface area contributed by atoms with Gasteiger partial charge in [0, 0.05) is 32.6 Å². The number of Topliss-reactive ketones (excluding diaryl/α,β-unsaturated/α-hetero) is 1. The number of aromatic nitrogens is 2. The van der Waals surface area contributed by atoms with Crippen LogP contribution >= 0.6 is 0 Å². The summed E-state index contributed by atoms with van der Waals surface area (Å²) in [5, 5.41) is 0. The minimum atomic E-state index is -0.272. The van der Waals surface area contributed by atoms with Gasteiger partial charge in [-0.15, -0.1) is 0 Å². The Balaban J connectivity index is 1.56. The van der Waals surface area contributed by atoms with E-state index in [4.69, 9.17) is 9.72 Å². The molecule has 0 bridgehead atoms. The van der Waals surface area contributed by atoms with Crippen molar-refractivity contribution in [3.63, 3.8) is 0 Å². The molecule has 0 radical (unpaired) electrons. The van der Waals surface area contributed by atoms with Gasteiger partial charge in [-0.2, -0.15) is 0 Å². The molecule has 1 aromatic carbocycles. The Morgan fingerprint density at radius 1 is 1.10 bits per heavy atom. The molecule has 7 heteroatoms. The maximum atomic E-state index is 12.9. The zero-order valence-electron chi connectivity index (χ0n) is 17.9. The molecule has 4 rings (SSSR count). The molecule has 7 nitrogen and oxygen atoms in total. The van der Waals surface area contributed by atoms with Gasteiger partial charge in [-0.1, -0.05) is 24.3 Å². The zero-order chi connectivity index (χ0) is 21.3. The zero-order valence-corrected chi connectivity index (χ0v) is 17.9. The number of hydrogen-bond acceptors (Lipinski definition) is 6. The molecular weight excluding hydrogens is 380 g/mol. The number of carbonyl (C=O) groups is 2. The average Bonchev–Trinajstić information content (AvgIpc) is 2.73. The lowest BCUT2D eigenvalue weighted by Gasteiger charge is -2.35. The van der Waals surface area contributed by atoms with Gasteiger partial charge in [0.05, 0.1) is 23.6 Å². The Labute approximate surface area is 177 Å². The van der Waals surface area contributed by atoms with Crippen LogP contribution in [0.2, 0.25) is 0 Å². The molecule has 1 aliphatic carbocycles. The summed E-state index contributed by atoms with van der Waals surface area (Å²) in [6.07, 6.45) is 0.969. The molecule has 2 aromatic rings. The predicted octanol–water partition coefficient (Wildman–Crippen LogP) is 3.28. The molecule has 0 spiro atoms. The number of rotatable bonds is 3. The number of hydrogen-bond donors (Lipinski definition) is 0. The van der Waals surface area contributed by atoms with Crippen molar-refractivity contribution in [3.8, 4) is 0 Å². The molecule has 1 atom stereocenters. The fourth-order valence-electron chi connectivity index (χ4n) is 4.47. The predicted molar refractivity (Wildman–Crippen MR) is 114 cm³/mol. The highest BCUT2D eigenvalue weighted by Crippen LogP contribution is 2.35. The lowest BCUT2D eigenvalue weighted by atomic mass is 9.80. The number of amides is 1. The molecule has 30 heavy (non-hydrogen) atoms. The van der Waals surface area contributed by atoms with E-state index < -0.39 is 0 Å². The summed E-state index contributed by atoms with van der Waals surface area (Å²) in [7, 11) is 0. The first kappa shape index (κ1) is 20.3. The van der Waals surface area contributed by atoms with Crippen molar-refractivity contribution in [3.05, 3.63) is 52.3 Å². The highest BCUT2D eigenvalue weighted by Gasteiger charge is 2.32. The van der Waals surface area contributed by atoms with E-state index in [1.165, 1.54) is 11.1 Å². The van der Waals surface area contributed by atoms with Crippen molar-refractivity contribution in [2.45, 2.75) is 39.5 Å². The molecule has 158 valence electrons. The van der Waals surface area contributed by atoms with E-state index in [1.54, 1.807) is 4.90 Å². The fraction of sp³-hybridized carbons (Fsp3) is 0.478. The van der Waals surface area contributed by atoms with E-state index in [0.717, 1.165) is 17.8 Å². The quantitative estimate of drug-likeness (QED) is 0.776. The van der Waals surface area contributed by atoms with E-state index in [9.17, 15) is 9.59 Å². The maximum absolute atomic E-state index is 12.9. The summed E-state index contributed by atoms with van der Waals surface area (Å²) in [5.74, 6) is 0.919. The Morgan fingerprint density at radius 2 is 1.83 bits per heavy atom. The normalized spacial score (nSPS) is 18.9. The smallest absolute Gasteiger partial charge is 0.409 e. The van der Waals surface area contributed by atoms with Gasteiger partial charge in [0.2, 0.25) is 5.95 Å². The molecule has 1 aromatic heterocycles. The van der Waals surface area contributed by atoms with Gasteiger partial charge in [0.15, 0.2) is 5.78 Å². The summed E-state index contributed by atoms with van der Waals surface area (Å²) in [6.45, 7) is 8.61. The third-order valence-corrected chi connectivity index (χ3v) is 6.02. The minimum Gasteiger partial charge on any atom is -0.450 e. The van der Waals surface area contributed by atoms with Gasteiger partial charge in [-0.25, -0.2) is 14.8 Å². The van der Waals surface area contributed by atoms with Crippen LogP contribution in [0.4, 0.5) is 10.7 Å². The second kappa shape index (κ2) is 8.42. The van der Waals surface area contributed by atoms with E-state index in [1.807, 2.05) is 26.0 Å². The van der Waals surface area contributed by atoms with Crippen LogP contribution in [0.15, 0.2) is 24.3 Å². The van der Waals surface area contributed by atoms with Crippen LogP contribution in [0.3, 0.4) is 0 Å². The highest BCUT2D eigenvalue weighted by molar-refractivity contribution is 5.99. The average molecular weight is 409 g/mol. The van der Waals surface area contributed by atoms with Crippen molar-refractivity contribution in [2.24, 2.45) is 0 Å². The first-order chi connectivity index (χ1) is 14.5. The number of nitrogens with zero attached hydrogens (tertiary/aromatic N) is 4. The second-order valence-electron chi connectivity index (χ2n) is 7.99. The number of benzene rings is 1. The summed E-state index contributed by atoms with van der Waals surface area (Å²) >= 11 is 0. The van der Waals surface area contributed by atoms with Crippen LogP contribution in [0.5, 0.6) is 0 Å². The Kier molecular flexibility index (Phi) is 5.70. The van der Waals surface area contributed by atoms with E-state index in [-0.39, 0.29) is 17.8 Å². The Hall–Kier alpha value is -2.96. The minimum absolute atomic E-state index is 0.126. The second-order valence-corrected chi connectivity index (χ2v) is 7.99. The van der Waals surface area contributed by atoms with Crippen LogP contribution in [-0.2, 0) is 11.2 Å². The largest absolute Gasteiger partial charge is 0.450 e. The van der Waals surface area contributed by atoms with Crippen LogP contribution < -0.4 is 4.90 Å². The third-order valence-electron chi connectivity index (χ3n) is 6.02. The SMILES string of the molecule is CCOC(=O)N1CCN(c2nc(C)c3c(n2)C[C@@H](c2ccccc2C)CC3=O)CC1. The van der Waals surface area contributed by atoms with Crippen LogP contribution in [0.25, 0.3) is 0 Å². The molecule has 1 aliphatic heterocycles. The maximum Gasteiger partial charge on any atom is 0.409 e. The van der Waals surface area contributed by atoms with Crippen molar-refractivity contribution in [2.75, 3.05) is 37.7 Å². The van der Waals surface area contributed by atoms with Crippen molar-refractivity contribution in [1.29, 1.82) is 0 Å². The number of anilines is 1. The number of aryl methyl sites for hydroxylation is 2. The number of fused-ring (bicyclic) bond motifs is 1. The highest BCUT2D eigenvalue weighted by atomic mass is 16.6. The van der Waals surface area contributed by atoms with E-state index in [2.05, 4.69) is 28.9 Å². The molecular formula is C23H28N4O3. The van der Waals surface area contributed by atoms with Crippen LogP contribution in [0, 0.1) is 13.8 Å². The van der Waals surface area contributed by atoms with Crippen molar-refractivity contribution >= 4 is 17.8 Å². The Bertz CT molecular complexity index is 967. The van der Waals surface area contributed by atoms with Gasteiger partial charge in [0.25, 0.3) is 0 Å². The standard InChI is InChI=1S/C23H28N4O3/c1-4-30-23(29)27-11-9-26(10-12-27)22-24-16(3)21-19(25-22)13-17(14-20(21)28)18-8-6-5-7-15(18)2/h5-8,17H,4,9-14H2,1-3H3/t17-/m1/s1. The molecule has 1 amide bonds. The molecule has 0 saturated carbocycles. The molecule has 1 saturated heterocycles. The topological polar surface area (TPSA) is 75.6 Å². The summed E-state index contributed by atoms with van der Waals surface area (Å²) < 4.78 is 5.09. The van der Waals surface area contributed by atoms with Gasteiger partial charge >= 0.3 is 6.09 Å². The molecule has 2 heterocycles. The van der Waals surface area contributed by atoms with E-state index >= 15 is 0 Å². The molecule has 2 aliphatic rings. The number of ketones is 1. The summed E-state index contributed by atoms with van der Waals surface area (Å²) in [6, 6.07) is 8.26. The van der Waals surface area contributed by atoms with Crippen LogP contribution in [0.1, 0.15) is 52.1 Å². The van der Waals surface area contributed by atoms with Crippen molar-refractivity contribution < 1.29 is 14.3 Å². The van der Waals surface area contributed by atoms with Crippen molar-refractivity contribution in [1.82, 2.24) is 14.9 Å². The first-order valence-corrected chi connectivity index (χ1v) is 10.6. The van der Waals surface area contributed by atoms with Gasteiger partial charge in [-0.3, -0.25) is 4.79 Å². The van der Waals surface area contributed by atoms with Gasteiger partial charge in [0.1, 0.15) is 0 Å². The lowest BCUT2D eigenvalue weighted by molar-refractivity contribution is 0.0960. The number of piperazine rings is 1. The van der Waals surface area contributed by atoms with Gasteiger partial charge in [-0.05, 0) is 44.2 Å². The van der Waals surface area contributed by atoms with Crippen LogP contribution in [-0.4, -0.2) is 59.5 Å². The molecule has 0 N–H and O–H groups in total. The fourth-order valence-corrected chi connectivity index (χ4v) is 4.47. The lowest BCUT2D eigenvalue weighted by Crippen LogP contribution is -2.49. The third kappa shape index (κ3) is 3.88. The summed E-state index contributed by atoms with van der Waals surface area (Å²) in [5.41, 5.74) is 4.71. The first-order valence-electron chi connectivity index (χ1n) is 10.6. The summed E-state index contributed by atoms with van der Waals surface area (Å²) in [4.78, 5) is 38.1. The number of carbonyl (C=O) groups excluding carboxylic acids is 2.